The molecule has 1 aliphatic heterocycles. The van der Waals surface area contributed by atoms with Gasteiger partial charge in [-0.2, -0.15) is 4.31 Å². The van der Waals surface area contributed by atoms with Crippen LogP contribution in [0.3, 0.4) is 0 Å². The van der Waals surface area contributed by atoms with Gasteiger partial charge in [-0.3, -0.25) is 19.8 Å². The van der Waals surface area contributed by atoms with Crippen LogP contribution < -0.4 is 5.32 Å². The molecule has 1 aliphatic carbocycles. The van der Waals surface area contributed by atoms with Gasteiger partial charge in [0.2, 0.25) is 15.9 Å². The van der Waals surface area contributed by atoms with Gasteiger partial charge in [-0.25, -0.2) is 8.42 Å². The highest BCUT2D eigenvalue weighted by Crippen LogP contribution is 2.27. The average Bonchev–Trinajstić information content (AvgIpc) is 3.23. The second kappa shape index (κ2) is 8.97. The van der Waals surface area contributed by atoms with Crippen LogP contribution in [0, 0.1) is 17.0 Å². The zero-order valence-corrected chi connectivity index (χ0v) is 18.7. The van der Waals surface area contributed by atoms with Crippen LogP contribution in [0.1, 0.15) is 23.1 Å². The quantitative estimate of drug-likeness (QED) is 0.525. The molecule has 32 heavy (non-hydrogen) atoms. The van der Waals surface area contributed by atoms with E-state index in [1.54, 1.807) is 25.1 Å². The van der Waals surface area contributed by atoms with Gasteiger partial charge in [0.15, 0.2) is 0 Å². The van der Waals surface area contributed by atoms with E-state index in [1.807, 2.05) is 11.0 Å². The maximum absolute atomic E-state index is 13.1. The molecule has 1 fully saturated rings. The molecule has 1 N–H and O–H groups in total. The third-order valence-electron chi connectivity index (χ3n) is 6.03. The maximum atomic E-state index is 13.1. The van der Waals surface area contributed by atoms with Crippen LogP contribution in [0.2, 0.25) is 0 Å². The van der Waals surface area contributed by atoms with Crippen molar-refractivity contribution in [1.29, 1.82) is 0 Å². The summed E-state index contributed by atoms with van der Waals surface area (Å²) >= 11 is 0. The first-order valence-corrected chi connectivity index (χ1v) is 12.1. The lowest BCUT2D eigenvalue weighted by atomic mass is 10.1. The van der Waals surface area contributed by atoms with Gasteiger partial charge < -0.3 is 5.32 Å². The molecule has 0 unspecified atom stereocenters. The number of nitrogens with one attached hydrogen (secondary N) is 1. The predicted molar refractivity (Wildman–Crippen MR) is 120 cm³/mol. The molecule has 9 nitrogen and oxygen atoms in total. The van der Waals surface area contributed by atoms with E-state index in [-0.39, 0.29) is 36.9 Å². The van der Waals surface area contributed by atoms with Gasteiger partial charge in [-0.1, -0.05) is 12.1 Å². The van der Waals surface area contributed by atoms with Crippen molar-refractivity contribution in [2.45, 2.75) is 31.1 Å². The largest absolute Gasteiger partial charge is 0.319 e. The summed E-state index contributed by atoms with van der Waals surface area (Å²) < 4.78 is 27.6. The fourth-order valence-corrected chi connectivity index (χ4v) is 5.75. The monoisotopic (exact) mass is 458 g/mol. The molecule has 2 aromatic rings. The van der Waals surface area contributed by atoms with Gasteiger partial charge >= 0.3 is 0 Å². The lowest BCUT2D eigenvalue weighted by molar-refractivity contribution is -0.384. The Bertz CT molecular complexity index is 1160. The summed E-state index contributed by atoms with van der Waals surface area (Å²) in [4.78, 5) is 25.3. The van der Waals surface area contributed by atoms with Crippen molar-refractivity contribution in [3.8, 4) is 0 Å². The summed E-state index contributed by atoms with van der Waals surface area (Å²) in [7, 11) is -3.57. The number of benzene rings is 2. The SMILES string of the molecule is Cc1ccc(NC(=O)CN2CCN(S(=O)(=O)c3ccc4c(c3)CCC4)CC2)c([N+](=O)[O-])c1. The van der Waals surface area contributed by atoms with Crippen molar-refractivity contribution in [2.75, 3.05) is 38.0 Å². The van der Waals surface area contributed by atoms with Crippen LogP contribution in [0.5, 0.6) is 0 Å². The Hall–Kier alpha value is -2.82. The number of nitrogens with zero attached hydrogens (tertiary/aromatic N) is 3. The number of carbonyl (C=O) groups excluding carboxylic acids is 1. The number of fused-ring (bicyclic) bond motifs is 1. The first-order chi connectivity index (χ1) is 15.2. The second-order valence-electron chi connectivity index (χ2n) is 8.29. The fraction of sp³-hybridized carbons (Fsp3) is 0.409. The second-order valence-corrected chi connectivity index (χ2v) is 10.2. The van der Waals surface area contributed by atoms with Gasteiger partial charge in [0.05, 0.1) is 16.4 Å². The Morgan fingerprint density at radius 1 is 1.06 bits per heavy atom. The number of rotatable bonds is 6. The molecule has 0 atom stereocenters. The first kappa shape index (κ1) is 22.4. The first-order valence-electron chi connectivity index (χ1n) is 10.6. The topological polar surface area (TPSA) is 113 Å². The van der Waals surface area contributed by atoms with Crippen molar-refractivity contribution >= 4 is 27.3 Å². The Kier molecular flexibility index (Phi) is 6.27. The summed E-state index contributed by atoms with van der Waals surface area (Å²) in [6.45, 7) is 3.18. The molecule has 1 amide bonds. The summed E-state index contributed by atoms with van der Waals surface area (Å²) in [5, 5.41) is 13.8. The Morgan fingerprint density at radius 3 is 2.50 bits per heavy atom. The highest BCUT2D eigenvalue weighted by molar-refractivity contribution is 7.89. The van der Waals surface area contributed by atoms with Crippen LogP contribution in [-0.4, -0.2) is 61.2 Å². The number of nitro benzene ring substituents is 1. The highest BCUT2D eigenvalue weighted by atomic mass is 32.2. The summed E-state index contributed by atoms with van der Waals surface area (Å²) in [6.07, 6.45) is 2.98. The third-order valence-corrected chi connectivity index (χ3v) is 7.92. The number of hydrogen-bond acceptors (Lipinski definition) is 6. The molecule has 1 heterocycles. The molecule has 170 valence electrons. The molecule has 2 aromatic carbocycles. The Morgan fingerprint density at radius 2 is 1.78 bits per heavy atom. The fourth-order valence-electron chi connectivity index (χ4n) is 4.28. The average molecular weight is 459 g/mol. The molecule has 0 saturated carbocycles. The molecule has 0 aromatic heterocycles. The van der Waals surface area contributed by atoms with Crippen LogP contribution in [0.4, 0.5) is 11.4 Å². The minimum Gasteiger partial charge on any atom is -0.319 e. The van der Waals surface area contributed by atoms with Crippen molar-refractivity contribution in [2.24, 2.45) is 0 Å². The van der Waals surface area contributed by atoms with E-state index in [1.165, 1.54) is 22.0 Å². The van der Waals surface area contributed by atoms with E-state index in [9.17, 15) is 23.3 Å². The standard InChI is InChI=1S/C22H26N4O5S/c1-16-5-8-20(21(13-16)26(28)29)23-22(27)15-24-9-11-25(12-10-24)32(30,31)19-7-6-17-3-2-4-18(17)14-19/h5-8,13-14H,2-4,9-12,15H2,1H3,(H,23,27). The minimum absolute atomic E-state index is 0.0394. The molecule has 4 rings (SSSR count). The number of carbonyl (C=O) groups is 1. The zero-order chi connectivity index (χ0) is 22.9. The van der Waals surface area contributed by atoms with Gasteiger partial charge in [0, 0.05) is 32.2 Å². The number of aryl methyl sites for hydroxylation is 3. The van der Waals surface area contributed by atoms with Gasteiger partial charge in [-0.05, 0) is 61.1 Å². The van der Waals surface area contributed by atoms with Crippen LogP contribution in [0.25, 0.3) is 0 Å². The van der Waals surface area contributed by atoms with E-state index in [0.717, 1.165) is 30.4 Å². The van der Waals surface area contributed by atoms with Crippen molar-refractivity contribution in [1.82, 2.24) is 9.21 Å². The lowest BCUT2D eigenvalue weighted by Crippen LogP contribution is -2.50. The maximum Gasteiger partial charge on any atom is 0.293 e. The molecule has 0 spiro atoms. The van der Waals surface area contributed by atoms with Gasteiger partial charge in [-0.15, -0.1) is 0 Å². The van der Waals surface area contributed by atoms with E-state index in [0.29, 0.717) is 18.0 Å². The number of sulfonamides is 1. The van der Waals surface area contributed by atoms with Crippen molar-refractivity contribution < 1.29 is 18.1 Å². The number of amides is 1. The van der Waals surface area contributed by atoms with Crippen LogP contribution in [0.15, 0.2) is 41.3 Å². The summed E-state index contributed by atoms with van der Waals surface area (Å²) in [5.41, 5.74) is 3.09. The number of piperazine rings is 1. The molecular weight excluding hydrogens is 432 g/mol. The van der Waals surface area contributed by atoms with E-state index in [2.05, 4.69) is 5.32 Å². The molecular formula is C22H26N4O5S. The van der Waals surface area contributed by atoms with Gasteiger partial charge in [0.25, 0.3) is 5.69 Å². The summed E-state index contributed by atoms with van der Waals surface area (Å²) in [5.74, 6) is -0.369. The lowest BCUT2D eigenvalue weighted by Gasteiger charge is -2.33. The molecule has 0 radical (unpaired) electrons. The molecule has 0 bridgehead atoms. The molecule has 10 heteroatoms. The van der Waals surface area contributed by atoms with Crippen molar-refractivity contribution in [3.63, 3.8) is 0 Å². The van der Waals surface area contributed by atoms with E-state index >= 15 is 0 Å². The van der Waals surface area contributed by atoms with Crippen LogP contribution in [-0.2, 0) is 27.7 Å². The predicted octanol–water partition coefficient (Wildman–Crippen LogP) is 2.34. The Labute approximate surface area is 187 Å². The van der Waals surface area contributed by atoms with E-state index < -0.39 is 14.9 Å². The summed E-state index contributed by atoms with van der Waals surface area (Å²) in [6, 6.07) is 10.0. The number of nitro groups is 1. The van der Waals surface area contributed by atoms with E-state index in [4.69, 9.17) is 0 Å². The highest BCUT2D eigenvalue weighted by Gasteiger charge is 2.30. The smallest absolute Gasteiger partial charge is 0.293 e. The molecule has 2 aliphatic rings. The molecule has 1 saturated heterocycles. The normalized spacial score (nSPS) is 17.2. The van der Waals surface area contributed by atoms with Crippen LogP contribution >= 0.6 is 0 Å². The third kappa shape index (κ3) is 4.67. The number of hydrogen-bond donors (Lipinski definition) is 1. The van der Waals surface area contributed by atoms with Crippen molar-refractivity contribution in [3.05, 3.63) is 63.2 Å². The number of anilines is 1. The Balaban J connectivity index is 1.35. The van der Waals surface area contributed by atoms with Gasteiger partial charge in [0.1, 0.15) is 5.69 Å². The minimum atomic E-state index is -3.57. The zero-order valence-electron chi connectivity index (χ0n) is 17.9.